The van der Waals surface area contributed by atoms with E-state index < -0.39 is 0 Å². The number of hydrogen-bond acceptors (Lipinski definition) is 1. The summed E-state index contributed by atoms with van der Waals surface area (Å²) in [6.45, 7) is 0. The predicted molar refractivity (Wildman–Crippen MR) is 186 cm³/mol. The molecular formula is C42H24S. The molecule has 0 amide bonds. The molecule has 0 aromatic heterocycles. The molecule has 0 radical (unpaired) electrons. The van der Waals surface area contributed by atoms with Crippen molar-refractivity contribution in [3.8, 4) is 33.4 Å². The second kappa shape index (κ2) is 8.70. The molecule has 1 aliphatic rings. The van der Waals surface area contributed by atoms with Gasteiger partial charge in [0.25, 0.3) is 0 Å². The van der Waals surface area contributed by atoms with Crippen LogP contribution in [0, 0.1) is 0 Å². The lowest BCUT2D eigenvalue weighted by atomic mass is 9.85. The third-order valence-corrected chi connectivity index (χ3v) is 10.5. The van der Waals surface area contributed by atoms with Crippen molar-refractivity contribution >= 4 is 65.6 Å². The van der Waals surface area contributed by atoms with Crippen molar-refractivity contribution in [2.75, 3.05) is 0 Å². The maximum atomic E-state index is 2.44. The van der Waals surface area contributed by atoms with Gasteiger partial charge in [-0.1, -0.05) is 139 Å². The fourth-order valence-electron chi connectivity index (χ4n) is 7.50. The molecule has 10 rings (SSSR count). The van der Waals surface area contributed by atoms with Crippen molar-refractivity contribution in [1.29, 1.82) is 0 Å². The second-order valence-electron chi connectivity index (χ2n) is 11.7. The van der Waals surface area contributed by atoms with Gasteiger partial charge in [-0.3, -0.25) is 0 Å². The number of rotatable bonds is 2. The van der Waals surface area contributed by atoms with E-state index in [1.54, 1.807) is 0 Å². The van der Waals surface area contributed by atoms with E-state index in [1.807, 2.05) is 11.8 Å². The Kier molecular flexibility index (Phi) is 4.75. The summed E-state index contributed by atoms with van der Waals surface area (Å²) in [5.74, 6) is 0. The van der Waals surface area contributed by atoms with Crippen molar-refractivity contribution in [3.05, 3.63) is 146 Å². The molecule has 9 aromatic carbocycles. The fraction of sp³-hybridized carbons (Fsp3) is 0. The van der Waals surface area contributed by atoms with Gasteiger partial charge in [0.15, 0.2) is 0 Å². The minimum Gasteiger partial charge on any atom is -0.0888 e. The molecule has 0 bridgehead atoms. The summed E-state index contributed by atoms with van der Waals surface area (Å²) in [6.07, 6.45) is 0. The first-order chi connectivity index (χ1) is 21.3. The van der Waals surface area contributed by atoms with Crippen LogP contribution in [-0.4, -0.2) is 0 Å². The van der Waals surface area contributed by atoms with E-state index >= 15 is 0 Å². The first-order valence-corrected chi connectivity index (χ1v) is 15.7. The summed E-state index contributed by atoms with van der Waals surface area (Å²) in [7, 11) is 0. The number of benzene rings is 9. The molecule has 0 unspecified atom stereocenters. The number of fused-ring (bicyclic) bond motifs is 3. The Morgan fingerprint density at radius 1 is 0.326 bits per heavy atom. The quantitative estimate of drug-likeness (QED) is 0.190. The molecule has 1 heterocycles. The van der Waals surface area contributed by atoms with Crippen LogP contribution in [0.5, 0.6) is 0 Å². The van der Waals surface area contributed by atoms with Gasteiger partial charge in [-0.25, -0.2) is 0 Å². The van der Waals surface area contributed by atoms with Crippen LogP contribution in [0.15, 0.2) is 155 Å². The minimum absolute atomic E-state index is 1.26. The van der Waals surface area contributed by atoms with E-state index in [9.17, 15) is 0 Å². The van der Waals surface area contributed by atoms with Crippen molar-refractivity contribution in [2.45, 2.75) is 9.79 Å². The summed E-state index contributed by atoms with van der Waals surface area (Å²) < 4.78 is 0. The highest BCUT2D eigenvalue weighted by atomic mass is 32.2. The summed E-state index contributed by atoms with van der Waals surface area (Å²) in [4.78, 5) is 2.66. The Labute approximate surface area is 253 Å². The third-order valence-electron chi connectivity index (χ3n) is 9.39. The van der Waals surface area contributed by atoms with Crippen LogP contribution in [0.4, 0.5) is 0 Å². The summed E-state index contributed by atoms with van der Waals surface area (Å²) >= 11 is 1.89. The lowest BCUT2D eigenvalue weighted by Gasteiger charge is -2.22. The smallest absolute Gasteiger partial charge is 0.0207 e. The molecule has 0 N–H and O–H groups in total. The molecule has 0 saturated heterocycles. The molecule has 0 atom stereocenters. The zero-order valence-corrected chi connectivity index (χ0v) is 24.1. The van der Waals surface area contributed by atoms with Gasteiger partial charge in [-0.15, -0.1) is 0 Å². The SMILES string of the molecule is c1ccc2c(-c3ccc4c(c3)-c3cccc5cccc(c35)S4)c(-c3ccc4ccc5cccc6ccc3c4c56)ccc2c1. The Morgan fingerprint density at radius 3 is 1.86 bits per heavy atom. The van der Waals surface area contributed by atoms with Gasteiger partial charge in [-0.2, -0.15) is 0 Å². The van der Waals surface area contributed by atoms with Crippen LogP contribution in [0.25, 0.3) is 87.2 Å². The molecule has 43 heavy (non-hydrogen) atoms. The Balaban J connectivity index is 1.29. The lowest BCUT2D eigenvalue weighted by Crippen LogP contribution is -1.95. The average Bonchev–Trinajstić information content (AvgIpc) is 3.07. The van der Waals surface area contributed by atoms with Gasteiger partial charge in [0.1, 0.15) is 0 Å². The number of hydrogen-bond donors (Lipinski definition) is 0. The van der Waals surface area contributed by atoms with Gasteiger partial charge in [-0.05, 0) is 100 Å². The molecule has 1 heteroatoms. The minimum atomic E-state index is 1.26. The highest BCUT2D eigenvalue weighted by Gasteiger charge is 2.22. The molecule has 0 nitrogen and oxygen atoms in total. The third kappa shape index (κ3) is 3.29. The fourth-order valence-corrected chi connectivity index (χ4v) is 8.62. The first kappa shape index (κ1) is 23.5. The molecule has 0 fully saturated rings. The molecule has 198 valence electrons. The largest absolute Gasteiger partial charge is 0.0888 e. The zero-order chi connectivity index (χ0) is 28.1. The normalized spacial score (nSPS) is 12.6. The van der Waals surface area contributed by atoms with Crippen LogP contribution in [0.3, 0.4) is 0 Å². The molecule has 0 saturated carbocycles. The summed E-state index contributed by atoms with van der Waals surface area (Å²) in [5.41, 5.74) is 7.76. The highest BCUT2D eigenvalue weighted by molar-refractivity contribution is 7.99. The maximum Gasteiger partial charge on any atom is 0.0207 e. The van der Waals surface area contributed by atoms with E-state index in [2.05, 4.69) is 146 Å². The van der Waals surface area contributed by atoms with E-state index in [4.69, 9.17) is 0 Å². The summed E-state index contributed by atoms with van der Waals surface area (Å²) in [6, 6.07) is 54.4. The van der Waals surface area contributed by atoms with E-state index in [0.29, 0.717) is 0 Å². The predicted octanol–water partition coefficient (Wildman–Crippen LogP) is 12.4. The van der Waals surface area contributed by atoms with Gasteiger partial charge < -0.3 is 0 Å². The van der Waals surface area contributed by atoms with Crippen molar-refractivity contribution in [3.63, 3.8) is 0 Å². The molecule has 0 aliphatic carbocycles. The molecule has 9 aromatic rings. The van der Waals surface area contributed by atoms with Gasteiger partial charge >= 0.3 is 0 Å². The van der Waals surface area contributed by atoms with Crippen molar-refractivity contribution < 1.29 is 0 Å². The first-order valence-electron chi connectivity index (χ1n) is 14.8. The van der Waals surface area contributed by atoms with E-state index in [0.717, 1.165) is 0 Å². The standard InChI is InChI=1S/C42H24S/c1-2-11-31-25(6-1)16-21-34(32-20-17-29-15-14-27-7-3-8-28-18-22-35(32)42(29)39(27)28)40(31)30-19-23-37-36(24-30)33-12-4-9-26-10-5-13-38(43-37)41(26)33/h1-24H. The molecule has 1 aliphatic heterocycles. The van der Waals surface area contributed by atoms with Crippen molar-refractivity contribution in [1.82, 2.24) is 0 Å². The highest BCUT2D eigenvalue weighted by Crippen LogP contribution is 2.50. The van der Waals surface area contributed by atoms with Crippen LogP contribution in [-0.2, 0) is 0 Å². The van der Waals surface area contributed by atoms with E-state index in [-0.39, 0.29) is 0 Å². The lowest BCUT2D eigenvalue weighted by molar-refractivity contribution is 1.40. The van der Waals surface area contributed by atoms with Gasteiger partial charge in [0.2, 0.25) is 0 Å². The van der Waals surface area contributed by atoms with Gasteiger partial charge in [0, 0.05) is 15.2 Å². The maximum absolute atomic E-state index is 2.44. The topological polar surface area (TPSA) is 0 Å². The van der Waals surface area contributed by atoms with Gasteiger partial charge in [0.05, 0.1) is 0 Å². The molecular weight excluding hydrogens is 537 g/mol. The Bertz CT molecular complexity index is 2570. The average molecular weight is 561 g/mol. The van der Waals surface area contributed by atoms with Crippen LogP contribution < -0.4 is 0 Å². The monoisotopic (exact) mass is 560 g/mol. The second-order valence-corrected chi connectivity index (χ2v) is 12.7. The van der Waals surface area contributed by atoms with Crippen LogP contribution >= 0.6 is 11.8 Å². The van der Waals surface area contributed by atoms with Crippen molar-refractivity contribution in [2.24, 2.45) is 0 Å². The Morgan fingerprint density at radius 2 is 0.977 bits per heavy atom. The Hall–Kier alpha value is -5.11. The van der Waals surface area contributed by atoms with E-state index in [1.165, 1.54) is 97.0 Å². The summed E-state index contributed by atoms with van der Waals surface area (Å²) in [5, 5.41) is 13.1. The zero-order valence-electron chi connectivity index (χ0n) is 23.3. The van der Waals surface area contributed by atoms with Crippen LogP contribution in [0.2, 0.25) is 0 Å². The van der Waals surface area contributed by atoms with Crippen LogP contribution in [0.1, 0.15) is 0 Å². The molecule has 0 spiro atoms.